The second-order valence-electron chi connectivity index (χ2n) is 2.86. The fourth-order valence-electron chi connectivity index (χ4n) is 0.803. The average Bonchev–Trinajstić information content (AvgIpc) is 2.12. The lowest BCUT2D eigenvalue weighted by Crippen LogP contribution is -2.47. The number of ether oxygens (including phenoxy) is 1. The minimum Gasteiger partial charge on any atom is -0.445 e. The van der Waals surface area contributed by atoms with Crippen molar-refractivity contribution >= 4 is 14.0 Å². The highest BCUT2D eigenvalue weighted by molar-refractivity contribution is 7.39. The van der Waals surface area contributed by atoms with Crippen LogP contribution in [0.3, 0.4) is 0 Å². The average molecular weight is 284 g/mol. The van der Waals surface area contributed by atoms with Gasteiger partial charge in [0.05, 0.1) is 6.61 Å². The summed E-state index contributed by atoms with van der Waals surface area (Å²) in [6, 6.07) is 0. The zero-order chi connectivity index (χ0) is 13.9. The summed E-state index contributed by atoms with van der Waals surface area (Å²) in [6.45, 7) is 1.53. The molecule has 2 unspecified atom stereocenters. The van der Waals surface area contributed by atoms with Crippen molar-refractivity contribution in [3.63, 3.8) is 0 Å². The molecule has 0 aromatic rings. The fourth-order valence-corrected chi connectivity index (χ4v) is 1.96. The number of rotatable bonds is 5. The second kappa shape index (κ2) is 5.77. The molecule has 10 heteroatoms. The first kappa shape index (κ1) is 16.3. The molecule has 0 aliphatic heterocycles. The molecule has 0 spiro atoms. The molecule has 102 valence electrons. The standard InChI is InChI=1S/C7H10F5O4P/c1-3-15-17(14)5(16-4(2)13)6(8,9)7(10,11)12/h5,17H,3H2,1-2H3. The molecule has 0 aromatic carbocycles. The Morgan fingerprint density at radius 3 is 2.06 bits per heavy atom. The molecular formula is C7H10F5O4P. The molecule has 0 amide bonds. The highest BCUT2D eigenvalue weighted by Crippen LogP contribution is 2.48. The van der Waals surface area contributed by atoms with E-state index in [0.29, 0.717) is 6.92 Å². The predicted molar refractivity (Wildman–Crippen MR) is 47.2 cm³/mol. The lowest BCUT2D eigenvalue weighted by atomic mass is 10.3. The monoisotopic (exact) mass is 284 g/mol. The van der Waals surface area contributed by atoms with Gasteiger partial charge in [0.1, 0.15) is 0 Å². The van der Waals surface area contributed by atoms with Crippen molar-refractivity contribution < 1.29 is 40.6 Å². The molecular weight excluding hydrogens is 274 g/mol. The van der Waals surface area contributed by atoms with Crippen LogP contribution in [-0.4, -0.2) is 30.5 Å². The van der Waals surface area contributed by atoms with E-state index in [0.717, 1.165) is 0 Å². The molecule has 17 heavy (non-hydrogen) atoms. The Kier molecular flexibility index (Phi) is 5.54. The summed E-state index contributed by atoms with van der Waals surface area (Å²) in [5.74, 6) is -9.98. The van der Waals surface area contributed by atoms with Gasteiger partial charge in [0.2, 0.25) is 13.9 Å². The largest absolute Gasteiger partial charge is 0.457 e. The van der Waals surface area contributed by atoms with Gasteiger partial charge in [-0.1, -0.05) is 0 Å². The molecule has 0 aliphatic rings. The van der Waals surface area contributed by atoms with Crippen molar-refractivity contribution in [1.82, 2.24) is 0 Å². The van der Waals surface area contributed by atoms with Crippen molar-refractivity contribution in [2.45, 2.75) is 31.8 Å². The Bertz CT molecular complexity index is 303. The summed E-state index contributed by atoms with van der Waals surface area (Å²) in [5.41, 5.74) is 0. The SMILES string of the molecule is CCO[PH](=O)C(OC(C)=O)C(F)(F)C(F)(F)F. The Balaban J connectivity index is 5.17. The molecule has 0 rings (SSSR count). The van der Waals surface area contributed by atoms with Crippen LogP contribution in [0.4, 0.5) is 22.0 Å². The van der Waals surface area contributed by atoms with Gasteiger partial charge in [-0.2, -0.15) is 22.0 Å². The normalized spacial score (nSPS) is 16.4. The first-order valence-corrected chi connectivity index (χ1v) is 5.71. The molecule has 0 aromatic heterocycles. The van der Waals surface area contributed by atoms with Gasteiger partial charge in [0, 0.05) is 6.92 Å². The number of hydrogen-bond acceptors (Lipinski definition) is 4. The van der Waals surface area contributed by atoms with E-state index in [4.69, 9.17) is 0 Å². The van der Waals surface area contributed by atoms with Crippen LogP contribution in [-0.2, 0) is 18.6 Å². The maximum absolute atomic E-state index is 12.9. The Labute approximate surface area is 93.9 Å². The topological polar surface area (TPSA) is 52.6 Å². The van der Waals surface area contributed by atoms with Crippen LogP contribution in [0, 0.1) is 0 Å². The van der Waals surface area contributed by atoms with Crippen LogP contribution in [0.15, 0.2) is 0 Å². The maximum Gasteiger partial charge on any atom is 0.457 e. The number of carbonyl (C=O) groups excluding carboxylic acids is 1. The second-order valence-corrected chi connectivity index (χ2v) is 4.31. The van der Waals surface area contributed by atoms with Gasteiger partial charge < -0.3 is 9.26 Å². The Morgan fingerprint density at radius 2 is 1.76 bits per heavy atom. The van der Waals surface area contributed by atoms with E-state index in [1.807, 2.05) is 0 Å². The maximum atomic E-state index is 12.9. The highest BCUT2D eigenvalue weighted by atomic mass is 31.1. The van der Waals surface area contributed by atoms with Gasteiger partial charge >= 0.3 is 18.1 Å². The number of alkyl halides is 5. The minimum atomic E-state index is -5.98. The van der Waals surface area contributed by atoms with Gasteiger partial charge in [0.25, 0.3) is 0 Å². The van der Waals surface area contributed by atoms with Crippen molar-refractivity contribution in [3.8, 4) is 0 Å². The molecule has 2 atom stereocenters. The van der Waals surface area contributed by atoms with E-state index in [-0.39, 0.29) is 6.61 Å². The molecule has 0 N–H and O–H groups in total. The van der Waals surface area contributed by atoms with Crippen LogP contribution in [0.5, 0.6) is 0 Å². The number of halogens is 5. The van der Waals surface area contributed by atoms with E-state index in [2.05, 4.69) is 9.26 Å². The molecule has 0 saturated heterocycles. The summed E-state index contributed by atoms with van der Waals surface area (Å²) in [4.78, 5) is 10.4. The molecule has 0 saturated carbocycles. The van der Waals surface area contributed by atoms with Gasteiger partial charge in [-0.25, -0.2) is 0 Å². The lowest BCUT2D eigenvalue weighted by molar-refractivity contribution is -0.302. The van der Waals surface area contributed by atoms with Crippen LogP contribution in [0.1, 0.15) is 13.8 Å². The fraction of sp³-hybridized carbons (Fsp3) is 0.857. The summed E-state index contributed by atoms with van der Waals surface area (Å²) in [5, 5.41) is 0. The Morgan fingerprint density at radius 1 is 1.29 bits per heavy atom. The van der Waals surface area contributed by atoms with Crippen LogP contribution >= 0.6 is 8.03 Å². The van der Waals surface area contributed by atoms with Crippen molar-refractivity contribution in [3.05, 3.63) is 0 Å². The van der Waals surface area contributed by atoms with Gasteiger partial charge in [-0.3, -0.25) is 9.36 Å². The zero-order valence-corrected chi connectivity index (χ0v) is 9.81. The zero-order valence-electron chi connectivity index (χ0n) is 8.81. The summed E-state index contributed by atoms with van der Waals surface area (Å²) >= 11 is 0. The summed E-state index contributed by atoms with van der Waals surface area (Å²) in [7, 11) is -3.88. The van der Waals surface area contributed by atoms with Crippen molar-refractivity contribution in [1.29, 1.82) is 0 Å². The van der Waals surface area contributed by atoms with Crippen molar-refractivity contribution in [2.75, 3.05) is 6.61 Å². The quantitative estimate of drug-likeness (QED) is 0.442. The van der Waals surface area contributed by atoms with E-state index < -0.39 is 31.9 Å². The van der Waals surface area contributed by atoms with Gasteiger partial charge in [-0.05, 0) is 6.92 Å². The van der Waals surface area contributed by atoms with Crippen molar-refractivity contribution in [2.24, 2.45) is 0 Å². The summed E-state index contributed by atoms with van der Waals surface area (Å²) in [6.07, 6.45) is -5.98. The highest BCUT2D eigenvalue weighted by Gasteiger charge is 2.66. The predicted octanol–water partition coefficient (Wildman–Crippen LogP) is 2.58. The first-order chi connectivity index (χ1) is 7.54. The van der Waals surface area contributed by atoms with Crippen LogP contribution in [0.25, 0.3) is 0 Å². The van der Waals surface area contributed by atoms with Crippen LogP contribution in [0.2, 0.25) is 0 Å². The molecule has 0 aliphatic carbocycles. The third kappa shape index (κ3) is 4.23. The molecule has 0 radical (unpaired) electrons. The van der Waals surface area contributed by atoms with Gasteiger partial charge in [-0.15, -0.1) is 0 Å². The molecule has 0 heterocycles. The molecule has 4 nitrogen and oxygen atoms in total. The van der Waals surface area contributed by atoms with E-state index in [1.54, 1.807) is 0 Å². The summed E-state index contributed by atoms with van der Waals surface area (Å²) < 4.78 is 80.8. The van der Waals surface area contributed by atoms with Crippen LogP contribution < -0.4 is 0 Å². The third-order valence-electron chi connectivity index (χ3n) is 1.49. The van der Waals surface area contributed by atoms with Gasteiger partial charge in [0.15, 0.2) is 0 Å². The van der Waals surface area contributed by atoms with E-state index in [1.165, 1.54) is 6.92 Å². The first-order valence-electron chi connectivity index (χ1n) is 4.32. The smallest absolute Gasteiger partial charge is 0.445 e. The van der Waals surface area contributed by atoms with E-state index >= 15 is 0 Å². The number of hydrogen-bond donors (Lipinski definition) is 0. The minimum absolute atomic E-state index is 0.344. The lowest BCUT2D eigenvalue weighted by Gasteiger charge is -2.27. The Hall–Kier alpha value is -0.690. The number of esters is 1. The molecule has 0 fully saturated rings. The number of carbonyl (C=O) groups is 1. The van der Waals surface area contributed by atoms with E-state index in [9.17, 15) is 31.3 Å². The third-order valence-corrected chi connectivity index (χ3v) is 2.97. The molecule has 0 bridgehead atoms.